The number of hydrogen-bond acceptors (Lipinski definition) is 2. The van der Waals surface area contributed by atoms with Crippen LogP contribution >= 0.6 is 0 Å². The summed E-state index contributed by atoms with van der Waals surface area (Å²) in [7, 11) is 0. The molecule has 0 aromatic heterocycles. The van der Waals surface area contributed by atoms with Gasteiger partial charge >= 0.3 is 5.97 Å². The van der Waals surface area contributed by atoms with E-state index in [-0.39, 0.29) is 24.3 Å². The third-order valence-electron chi connectivity index (χ3n) is 4.63. The summed E-state index contributed by atoms with van der Waals surface area (Å²) in [6.07, 6.45) is 9.75. The molecular weight excluding hydrogens is 242 g/mol. The molecule has 4 heteroatoms. The second-order valence-corrected chi connectivity index (χ2v) is 6.16. The Bertz CT molecular complexity index is 315. The van der Waals surface area contributed by atoms with E-state index in [1.807, 2.05) is 0 Å². The zero-order valence-electron chi connectivity index (χ0n) is 11.6. The Morgan fingerprint density at radius 3 is 2.16 bits per heavy atom. The third-order valence-corrected chi connectivity index (χ3v) is 4.63. The normalized spacial score (nSPS) is 28.8. The Morgan fingerprint density at radius 2 is 1.58 bits per heavy atom. The second kappa shape index (κ2) is 6.92. The molecule has 0 bridgehead atoms. The Labute approximate surface area is 115 Å². The van der Waals surface area contributed by atoms with Gasteiger partial charge in [0.1, 0.15) is 0 Å². The number of rotatable bonds is 4. The van der Waals surface area contributed by atoms with Crippen molar-refractivity contribution >= 4 is 11.9 Å². The Kier molecular flexibility index (Phi) is 5.23. The van der Waals surface area contributed by atoms with Crippen LogP contribution in [0, 0.1) is 11.8 Å². The fourth-order valence-electron chi connectivity index (χ4n) is 3.44. The van der Waals surface area contributed by atoms with Crippen molar-refractivity contribution in [3.05, 3.63) is 0 Å². The number of hydrogen-bond donors (Lipinski definition) is 2. The van der Waals surface area contributed by atoms with E-state index >= 15 is 0 Å². The van der Waals surface area contributed by atoms with Gasteiger partial charge in [0.25, 0.3) is 0 Å². The average molecular weight is 267 g/mol. The van der Waals surface area contributed by atoms with Gasteiger partial charge in [-0.15, -0.1) is 0 Å². The number of carbonyl (C=O) groups is 2. The molecule has 0 unspecified atom stereocenters. The molecule has 0 heterocycles. The number of carboxylic acid groups (broad SMARTS) is 1. The topological polar surface area (TPSA) is 66.4 Å². The Hall–Kier alpha value is -1.06. The van der Waals surface area contributed by atoms with Crippen molar-refractivity contribution in [3.63, 3.8) is 0 Å². The van der Waals surface area contributed by atoms with Crippen molar-refractivity contribution in [3.8, 4) is 0 Å². The fraction of sp³-hybridized carbons (Fsp3) is 0.867. The van der Waals surface area contributed by atoms with E-state index in [1.54, 1.807) is 0 Å². The minimum atomic E-state index is -0.699. The molecule has 4 nitrogen and oxygen atoms in total. The lowest BCUT2D eigenvalue weighted by Gasteiger charge is -2.30. The van der Waals surface area contributed by atoms with Crippen LogP contribution in [0.15, 0.2) is 0 Å². The molecule has 2 aliphatic rings. The summed E-state index contributed by atoms with van der Waals surface area (Å²) < 4.78 is 0. The smallest absolute Gasteiger partial charge is 0.303 e. The first-order valence-electron chi connectivity index (χ1n) is 7.67. The summed E-state index contributed by atoms with van der Waals surface area (Å²) >= 11 is 0. The minimum absolute atomic E-state index is 0.227. The lowest BCUT2D eigenvalue weighted by Crippen LogP contribution is -2.41. The third kappa shape index (κ3) is 4.51. The number of carbonyl (C=O) groups excluding carboxylic acids is 1. The standard InChI is InChI=1S/C15H25NO3/c17-14(18)10-11-6-8-13(9-7-11)16-15(19)12-4-2-1-3-5-12/h11-13H,1-10H2,(H,16,19)(H,17,18). The first-order valence-corrected chi connectivity index (χ1v) is 7.67. The van der Waals surface area contributed by atoms with Gasteiger partial charge in [-0.3, -0.25) is 9.59 Å². The number of nitrogens with one attached hydrogen (secondary N) is 1. The SMILES string of the molecule is O=C(O)CC1CCC(NC(=O)C2CCCCC2)CC1. The van der Waals surface area contributed by atoms with E-state index in [1.165, 1.54) is 19.3 Å². The molecule has 2 N–H and O–H groups in total. The van der Waals surface area contributed by atoms with Crippen LogP contribution in [0.3, 0.4) is 0 Å². The minimum Gasteiger partial charge on any atom is -0.481 e. The summed E-state index contributed by atoms with van der Waals surface area (Å²) in [5.41, 5.74) is 0. The molecule has 0 aromatic carbocycles. The van der Waals surface area contributed by atoms with Gasteiger partial charge in [0.2, 0.25) is 5.91 Å². The number of amides is 1. The lowest BCUT2D eigenvalue weighted by molar-refractivity contribution is -0.138. The molecule has 2 rings (SSSR count). The maximum atomic E-state index is 12.1. The summed E-state index contributed by atoms with van der Waals surface area (Å²) in [6, 6.07) is 0.277. The van der Waals surface area contributed by atoms with Crippen LogP contribution in [0.2, 0.25) is 0 Å². The molecule has 0 radical (unpaired) electrons. The highest BCUT2D eigenvalue weighted by Gasteiger charge is 2.27. The van der Waals surface area contributed by atoms with Crippen molar-refractivity contribution in [1.29, 1.82) is 0 Å². The fourth-order valence-corrected chi connectivity index (χ4v) is 3.44. The molecule has 1 amide bonds. The first-order chi connectivity index (χ1) is 9.15. The molecule has 0 aliphatic heterocycles. The number of aliphatic carboxylic acids is 1. The maximum absolute atomic E-state index is 12.1. The van der Waals surface area contributed by atoms with Gasteiger partial charge in [-0.1, -0.05) is 19.3 Å². The van der Waals surface area contributed by atoms with Gasteiger partial charge in [-0.05, 0) is 44.4 Å². The van der Waals surface area contributed by atoms with Crippen LogP contribution in [-0.2, 0) is 9.59 Å². The van der Waals surface area contributed by atoms with Crippen molar-refractivity contribution in [2.24, 2.45) is 11.8 Å². The van der Waals surface area contributed by atoms with E-state index in [2.05, 4.69) is 5.32 Å². The average Bonchev–Trinajstić information content (AvgIpc) is 2.41. The summed E-state index contributed by atoms with van der Waals surface area (Å²) in [5, 5.41) is 12.0. The summed E-state index contributed by atoms with van der Waals surface area (Å²) in [6.45, 7) is 0. The molecule has 108 valence electrons. The molecule has 19 heavy (non-hydrogen) atoms. The monoisotopic (exact) mass is 267 g/mol. The van der Waals surface area contributed by atoms with Crippen LogP contribution in [0.5, 0.6) is 0 Å². The largest absolute Gasteiger partial charge is 0.481 e. The van der Waals surface area contributed by atoms with Crippen LogP contribution < -0.4 is 5.32 Å². The van der Waals surface area contributed by atoms with E-state index in [0.29, 0.717) is 5.92 Å². The molecule has 2 saturated carbocycles. The van der Waals surface area contributed by atoms with Crippen LogP contribution in [0.4, 0.5) is 0 Å². The molecule has 0 saturated heterocycles. The quantitative estimate of drug-likeness (QED) is 0.823. The second-order valence-electron chi connectivity index (χ2n) is 6.16. The molecule has 2 aliphatic carbocycles. The molecular formula is C15H25NO3. The van der Waals surface area contributed by atoms with Crippen molar-refractivity contribution in [2.75, 3.05) is 0 Å². The zero-order chi connectivity index (χ0) is 13.7. The van der Waals surface area contributed by atoms with Crippen LogP contribution in [0.25, 0.3) is 0 Å². The molecule has 2 fully saturated rings. The van der Waals surface area contributed by atoms with E-state index in [4.69, 9.17) is 5.11 Å². The summed E-state index contributed by atoms with van der Waals surface area (Å²) in [5.74, 6) is 0.0712. The Morgan fingerprint density at radius 1 is 0.947 bits per heavy atom. The van der Waals surface area contributed by atoms with Crippen molar-refractivity contribution < 1.29 is 14.7 Å². The first kappa shape index (κ1) is 14.4. The highest BCUT2D eigenvalue weighted by atomic mass is 16.4. The van der Waals surface area contributed by atoms with Crippen LogP contribution in [0.1, 0.15) is 64.2 Å². The molecule has 0 atom stereocenters. The van der Waals surface area contributed by atoms with Gasteiger partial charge < -0.3 is 10.4 Å². The Balaban J connectivity index is 1.69. The highest BCUT2D eigenvalue weighted by molar-refractivity contribution is 5.79. The van der Waals surface area contributed by atoms with Crippen molar-refractivity contribution in [2.45, 2.75) is 70.3 Å². The van der Waals surface area contributed by atoms with Gasteiger partial charge in [0.05, 0.1) is 0 Å². The lowest BCUT2D eigenvalue weighted by atomic mass is 9.83. The maximum Gasteiger partial charge on any atom is 0.303 e. The van der Waals surface area contributed by atoms with Gasteiger partial charge in [0, 0.05) is 18.4 Å². The predicted octanol–water partition coefficient (Wildman–Crippen LogP) is 2.72. The molecule has 0 spiro atoms. The van der Waals surface area contributed by atoms with Gasteiger partial charge in [-0.25, -0.2) is 0 Å². The molecule has 0 aromatic rings. The summed E-state index contributed by atoms with van der Waals surface area (Å²) in [4.78, 5) is 22.8. The zero-order valence-corrected chi connectivity index (χ0v) is 11.6. The van der Waals surface area contributed by atoms with Gasteiger partial charge in [0.15, 0.2) is 0 Å². The van der Waals surface area contributed by atoms with Crippen molar-refractivity contribution in [1.82, 2.24) is 5.32 Å². The number of carboxylic acids is 1. The van der Waals surface area contributed by atoms with Gasteiger partial charge in [-0.2, -0.15) is 0 Å². The van der Waals surface area contributed by atoms with E-state index < -0.39 is 5.97 Å². The van der Waals surface area contributed by atoms with E-state index in [9.17, 15) is 9.59 Å². The predicted molar refractivity (Wildman–Crippen MR) is 72.7 cm³/mol. The highest BCUT2D eigenvalue weighted by Crippen LogP contribution is 2.28. The van der Waals surface area contributed by atoms with Crippen LogP contribution in [-0.4, -0.2) is 23.0 Å². The van der Waals surface area contributed by atoms with E-state index in [0.717, 1.165) is 38.5 Å².